The molecule has 2 aromatic carbocycles. The van der Waals surface area contributed by atoms with Crippen molar-refractivity contribution < 1.29 is 4.74 Å². The number of halogens is 3. The van der Waals surface area contributed by atoms with Crippen LogP contribution in [0.25, 0.3) is 0 Å². The minimum absolute atomic E-state index is 0.00559. The summed E-state index contributed by atoms with van der Waals surface area (Å²) in [5.41, 5.74) is 1.78. The third-order valence-electron chi connectivity index (χ3n) is 3.27. The van der Waals surface area contributed by atoms with Crippen LogP contribution in [-0.4, -0.2) is 5.54 Å². The van der Waals surface area contributed by atoms with Gasteiger partial charge in [0.25, 0.3) is 0 Å². The third kappa shape index (κ3) is 5.58. The van der Waals surface area contributed by atoms with Gasteiger partial charge in [-0.05, 0) is 51.1 Å². The van der Waals surface area contributed by atoms with Crippen LogP contribution in [0.1, 0.15) is 31.9 Å². The maximum Gasteiger partial charge on any atom is 0.124 e. The number of rotatable bonds is 5. The van der Waals surface area contributed by atoms with Gasteiger partial charge in [-0.15, -0.1) is 0 Å². The van der Waals surface area contributed by atoms with Crippen molar-refractivity contribution in [1.29, 1.82) is 0 Å². The van der Waals surface area contributed by atoms with Crippen molar-refractivity contribution in [2.24, 2.45) is 0 Å². The Morgan fingerprint density at radius 1 is 1.00 bits per heavy atom. The highest BCUT2D eigenvalue weighted by molar-refractivity contribution is 6.36. The zero-order chi connectivity index (χ0) is 17.0. The summed E-state index contributed by atoms with van der Waals surface area (Å²) >= 11 is 18.5. The van der Waals surface area contributed by atoms with Gasteiger partial charge in [-0.3, -0.25) is 0 Å². The normalized spacial score (nSPS) is 11.6. The quantitative estimate of drug-likeness (QED) is 0.683. The summed E-state index contributed by atoms with van der Waals surface area (Å²) in [7, 11) is 0. The van der Waals surface area contributed by atoms with Crippen molar-refractivity contribution in [3.8, 4) is 5.75 Å². The number of benzene rings is 2. The number of hydrogen-bond acceptors (Lipinski definition) is 2. The SMILES string of the molecule is CC(C)(C)NCc1cc(Cl)ccc1OCc1c(Cl)cccc1Cl. The van der Waals surface area contributed by atoms with Gasteiger partial charge in [-0.2, -0.15) is 0 Å². The number of nitrogens with one attached hydrogen (secondary N) is 1. The van der Waals surface area contributed by atoms with E-state index >= 15 is 0 Å². The van der Waals surface area contributed by atoms with E-state index in [1.54, 1.807) is 12.1 Å². The van der Waals surface area contributed by atoms with E-state index in [-0.39, 0.29) is 5.54 Å². The summed E-state index contributed by atoms with van der Waals surface area (Å²) in [6, 6.07) is 11.0. The maximum absolute atomic E-state index is 6.18. The molecule has 0 aliphatic rings. The molecular formula is C18H20Cl3NO. The molecule has 0 atom stereocenters. The maximum atomic E-state index is 6.18. The van der Waals surface area contributed by atoms with Crippen LogP contribution in [0, 0.1) is 0 Å². The van der Waals surface area contributed by atoms with Crippen molar-refractivity contribution in [3.05, 3.63) is 62.6 Å². The van der Waals surface area contributed by atoms with E-state index in [4.69, 9.17) is 39.5 Å². The number of hydrogen-bond donors (Lipinski definition) is 1. The Kier molecular flexibility index (Phi) is 6.21. The van der Waals surface area contributed by atoms with Crippen LogP contribution >= 0.6 is 34.8 Å². The van der Waals surface area contributed by atoms with Crippen LogP contribution < -0.4 is 10.1 Å². The first-order valence-electron chi connectivity index (χ1n) is 7.35. The predicted octanol–water partition coefficient (Wildman–Crippen LogP) is 6.11. The molecular weight excluding hydrogens is 353 g/mol. The fourth-order valence-electron chi connectivity index (χ4n) is 2.01. The molecule has 2 aromatic rings. The Morgan fingerprint density at radius 3 is 2.26 bits per heavy atom. The fourth-order valence-corrected chi connectivity index (χ4v) is 2.71. The summed E-state index contributed by atoms with van der Waals surface area (Å²) in [5.74, 6) is 0.766. The average Bonchev–Trinajstić information content (AvgIpc) is 2.45. The van der Waals surface area contributed by atoms with Gasteiger partial charge in [-0.1, -0.05) is 40.9 Å². The van der Waals surface area contributed by atoms with Gasteiger partial charge in [0.2, 0.25) is 0 Å². The Balaban J connectivity index is 2.16. The van der Waals surface area contributed by atoms with E-state index < -0.39 is 0 Å². The predicted molar refractivity (Wildman–Crippen MR) is 98.8 cm³/mol. The summed E-state index contributed by atoms with van der Waals surface area (Å²) in [5, 5.41) is 5.31. The minimum Gasteiger partial charge on any atom is -0.488 e. The molecule has 0 aliphatic heterocycles. The van der Waals surface area contributed by atoms with Crippen LogP contribution in [0.4, 0.5) is 0 Å². The smallest absolute Gasteiger partial charge is 0.124 e. The van der Waals surface area contributed by atoms with Gasteiger partial charge < -0.3 is 10.1 Å². The van der Waals surface area contributed by atoms with Crippen LogP contribution in [0.5, 0.6) is 5.75 Å². The average molecular weight is 373 g/mol. The first kappa shape index (κ1) is 18.4. The van der Waals surface area contributed by atoms with Crippen molar-refractivity contribution >= 4 is 34.8 Å². The van der Waals surface area contributed by atoms with E-state index in [1.165, 1.54) is 0 Å². The van der Waals surface area contributed by atoms with Crippen LogP contribution in [0.3, 0.4) is 0 Å². The van der Waals surface area contributed by atoms with E-state index in [2.05, 4.69) is 26.1 Å². The molecule has 0 aliphatic carbocycles. The van der Waals surface area contributed by atoms with E-state index in [0.717, 1.165) is 16.9 Å². The zero-order valence-electron chi connectivity index (χ0n) is 13.4. The summed E-state index contributed by atoms with van der Waals surface area (Å²) < 4.78 is 5.94. The van der Waals surface area contributed by atoms with Gasteiger partial charge in [0, 0.05) is 38.3 Å². The lowest BCUT2D eigenvalue weighted by Gasteiger charge is -2.22. The van der Waals surface area contributed by atoms with Crippen LogP contribution in [0.2, 0.25) is 15.1 Å². The first-order chi connectivity index (χ1) is 10.8. The molecule has 0 amide bonds. The zero-order valence-corrected chi connectivity index (χ0v) is 15.7. The van der Waals surface area contributed by atoms with Gasteiger partial charge >= 0.3 is 0 Å². The molecule has 0 spiro atoms. The summed E-state index contributed by atoms with van der Waals surface area (Å²) in [4.78, 5) is 0. The molecule has 0 saturated carbocycles. The summed E-state index contributed by atoms with van der Waals surface area (Å²) in [6.45, 7) is 7.31. The lowest BCUT2D eigenvalue weighted by Crippen LogP contribution is -2.35. The van der Waals surface area contributed by atoms with E-state index in [0.29, 0.717) is 28.2 Å². The molecule has 0 aromatic heterocycles. The van der Waals surface area contributed by atoms with Crippen molar-refractivity contribution in [2.45, 2.75) is 39.5 Å². The molecule has 0 fully saturated rings. The Bertz CT molecular complexity index is 660. The Labute approximate surface area is 152 Å². The molecule has 0 unspecified atom stereocenters. The Hall–Kier alpha value is -0.930. The molecule has 2 rings (SSSR count). The molecule has 0 bridgehead atoms. The van der Waals surface area contributed by atoms with E-state index in [1.807, 2.05) is 24.3 Å². The highest BCUT2D eigenvalue weighted by atomic mass is 35.5. The number of ether oxygens (including phenoxy) is 1. The molecule has 0 radical (unpaired) electrons. The second-order valence-corrected chi connectivity index (χ2v) is 7.60. The Morgan fingerprint density at radius 2 is 1.65 bits per heavy atom. The molecule has 0 heterocycles. The van der Waals surface area contributed by atoms with Gasteiger partial charge in [0.1, 0.15) is 12.4 Å². The minimum atomic E-state index is 0.00559. The molecule has 5 heteroatoms. The van der Waals surface area contributed by atoms with E-state index in [9.17, 15) is 0 Å². The summed E-state index contributed by atoms with van der Waals surface area (Å²) in [6.07, 6.45) is 0. The molecule has 2 nitrogen and oxygen atoms in total. The van der Waals surface area contributed by atoms with Crippen molar-refractivity contribution in [2.75, 3.05) is 0 Å². The second-order valence-electron chi connectivity index (χ2n) is 6.34. The standard InChI is InChI=1S/C18H20Cl3NO/c1-18(2,3)22-10-12-9-13(19)7-8-17(12)23-11-14-15(20)5-4-6-16(14)21/h4-9,22H,10-11H2,1-3H3. The lowest BCUT2D eigenvalue weighted by atomic mass is 10.1. The molecule has 124 valence electrons. The highest BCUT2D eigenvalue weighted by Gasteiger charge is 2.13. The van der Waals surface area contributed by atoms with Gasteiger partial charge in [0.05, 0.1) is 0 Å². The van der Waals surface area contributed by atoms with Gasteiger partial charge in [0.15, 0.2) is 0 Å². The first-order valence-corrected chi connectivity index (χ1v) is 8.49. The van der Waals surface area contributed by atoms with Gasteiger partial charge in [-0.25, -0.2) is 0 Å². The highest BCUT2D eigenvalue weighted by Crippen LogP contribution is 2.28. The fraction of sp³-hybridized carbons (Fsp3) is 0.333. The second kappa shape index (κ2) is 7.76. The van der Waals surface area contributed by atoms with Crippen LogP contribution in [-0.2, 0) is 13.2 Å². The largest absolute Gasteiger partial charge is 0.488 e. The molecule has 23 heavy (non-hydrogen) atoms. The van der Waals surface area contributed by atoms with Crippen molar-refractivity contribution in [3.63, 3.8) is 0 Å². The third-order valence-corrected chi connectivity index (χ3v) is 4.21. The van der Waals surface area contributed by atoms with Crippen molar-refractivity contribution in [1.82, 2.24) is 5.32 Å². The van der Waals surface area contributed by atoms with Crippen LogP contribution in [0.15, 0.2) is 36.4 Å². The molecule has 0 saturated heterocycles. The molecule has 1 N–H and O–H groups in total. The lowest BCUT2D eigenvalue weighted by molar-refractivity contribution is 0.300. The topological polar surface area (TPSA) is 21.3 Å². The monoisotopic (exact) mass is 371 g/mol.